The predicted octanol–water partition coefficient (Wildman–Crippen LogP) is 2.41. The first kappa shape index (κ1) is 17.0. The van der Waals surface area contributed by atoms with Gasteiger partial charge in [-0.3, -0.25) is 4.79 Å². The third-order valence-electron chi connectivity index (χ3n) is 4.16. The molecular weight excluding hydrogens is 330 g/mol. The maximum absolute atomic E-state index is 12.2. The second-order valence-electron chi connectivity index (χ2n) is 5.84. The molecule has 0 bridgehead atoms. The van der Waals surface area contributed by atoms with Crippen molar-refractivity contribution in [2.24, 2.45) is 0 Å². The fourth-order valence-corrected chi connectivity index (χ4v) is 3.82. The van der Waals surface area contributed by atoms with E-state index in [4.69, 9.17) is 14.6 Å². The molecule has 1 aromatic rings. The van der Waals surface area contributed by atoms with Gasteiger partial charge in [0, 0.05) is 30.0 Å². The lowest BCUT2D eigenvalue weighted by molar-refractivity contribution is -0.148. The number of carbonyl (C=O) groups excluding carboxylic acids is 1. The molecule has 0 saturated carbocycles. The van der Waals surface area contributed by atoms with Crippen LogP contribution in [-0.4, -0.2) is 53.4 Å². The number of fused-ring (bicyclic) bond motifs is 1. The van der Waals surface area contributed by atoms with Crippen molar-refractivity contribution in [3.05, 3.63) is 18.2 Å². The van der Waals surface area contributed by atoms with Crippen LogP contribution in [0.4, 0.5) is 0 Å². The first-order valence-electron chi connectivity index (χ1n) is 8.20. The molecule has 0 spiro atoms. The number of nitrogens with zero attached hydrogens (tertiary/aromatic N) is 1. The molecule has 1 fully saturated rings. The van der Waals surface area contributed by atoms with Crippen LogP contribution in [0.5, 0.6) is 11.5 Å². The average Bonchev–Trinajstić information content (AvgIpc) is 2.95. The van der Waals surface area contributed by atoms with Gasteiger partial charge in [-0.15, -0.1) is 11.8 Å². The Bertz CT molecular complexity index is 621. The second kappa shape index (κ2) is 7.79. The molecule has 1 aromatic carbocycles. The smallest absolute Gasteiger partial charge is 0.326 e. The van der Waals surface area contributed by atoms with Gasteiger partial charge in [0.15, 0.2) is 11.5 Å². The summed E-state index contributed by atoms with van der Waals surface area (Å²) in [5, 5.41) is 9.15. The Morgan fingerprint density at radius 1 is 1.21 bits per heavy atom. The van der Waals surface area contributed by atoms with Gasteiger partial charge in [0.25, 0.3) is 0 Å². The molecule has 1 N–H and O–H groups in total. The fourth-order valence-electron chi connectivity index (χ4n) is 2.96. The van der Waals surface area contributed by atoms with Gasteiger partial charge < -0.3 is 19.5 Å². The molecule has 2 heterocycles. The highest BCUT2D eigenvalue weighted by Crippen LogP contribution is 2.34. The number of benzene rings is 1. The Morgan fingerprint density at radius 2 is 2.00 bits per heavy atom. The van der Waals surface area contributed by atoms with E-state index < -0.39 is 12.0 Å². The van der Waals surface area contributed by atoms with Gasteiger partial charge in [-0.05, 0) is 31.0 Å². The van der Waals surface area contributed by atoms with Crippen molar-refractivity contribution in [2.75, 3.05) is 25.5 Å². The molecule has 0 unspecified atom stereocenters. The monoisotopic (exact) mass is 351 g/mol. The van der Waals surface area contributed by atoms with Crippen molar-refractivity contribution < 1.29 is 24.2 Å². The van der Waals surface area contributed by atoms with Gasteiger partial charge in [0.05, 0.1) is 13.2 Å². The van der Waals surface area contributed by atoms with E-state index in [2.05, 4.69) is 0 Å². The largest absolute Gasteiger partial charge is 0.490 e. The molecule has 1 amide bonds. The van der Waals surface area contributed by atoms with Gasteiger partial charge in [-0.25, -0.2) is 4.79 Å². The Morgan fingerprint density at radius 3 is 2.79 bits per heavy atom. The Balaban J connectivity index is 1.52. The molecule has 7 heteroatoms. The number of aliphatic carboxylic acids is 1. The molecule has 0 radical (unpaired) electrons. The number of ether oxygens (including phenoxy) is 2. The third kappa shape index (κ3) is 3.95. The van der Waals surface area contributed by atoms with Crippen LogP contribution >= 0.6 is 11.8 Å². The van der Waals surface area contributed by atoms with Crippen LogP contribution in [0.3, 0.4) is 0 Å². The number of carboxylic acids is 1. The van der Waals surface area contributed by atoms with E-state index in [0.29, 0.717) is 38.4 Å². The molecule has 2 aliphatic heterocycles. The van der Waals surface area contributed by atoms with Crippen LogP contribution in [0.25, 0.3) is 0 Å². The highest BCUT2D eigenvalue weighted by Gasteiger charge is 2.33. The summed E-state index contributed by atoms with van der Waals surface area (Å²) in [6.45, 7) is 1.85. The highest BCUT2D eigenvalue weighted by atomic mass is 32.2. The van der Waals surface area contributed by atoms with Crippen molar-refractivity contribution >= 4 is 23.6 Å². The number of likely N-dealkylation sites (tertiary alicyclic amines) is 1. The van der Waals surface area contributed by atoms with Crippen LogP contribution in [0.2, 0.25) is 0 Å². The topological polar surface area (TPSA) is 76.1 Å². The molecular formula is C17H21NO5S. The standard InChI is InChI=1S/C17H21NO5S/c19-16(18-7-1-3-13(18)17(20)21)6-10-24-12-4-5-14-15(11-12)23-9-2-8-22-14/h4-5,11,13H,1-3,6-10H2,(H,20,21)/t13-/m1/s1. The number of thioether (sulfide) groups is 1. The van der Waals surface area contributed by atoms with Crippen molar-refractivity contribution in [3.63, 3.8) is 0 Å². The maximum atomic E-state index is 12.2. The summed E-state index contributed by atoms with van der Waals surface area (Å²) in [6, 6.07) is 5.14. The van der Waals surface area contributed by atoms with Crippen molar-refractivity contribution in [1.82, 2.24) is 4.90 Å². The molecule has 24 heavy (non-hydrogen) atoms. The summed E-state index contributed by atoms with van der Waals surface area (Å²) in [5.74, 6) is 1.13. The molecule has 0 aromatic heterocycles. The van der Waals surface area contributed by atoms with Gasteiger partial charge in [-0.2, -0.15) is 0 Å². The summed E-state index contributed by atoms with van der Waals surface area (Å²) in [7, 11) is 0. The molecule has 130 valence electrons. The molecule has 1 atom stereocenters. The van der Waals surface area contributed by atoms with E-state index in [1.54, 1.807) is 11.8 Å². The third-order valence-corrected chi connectivity index (χ3v) is 5.16. The Labute approximate surface area is 145 Å². The number of rotatable bonds is 5. The lowest BCUT2D eigenvalue weighted by atomic mass is 10.2. The van der Waals surface area contributed by atoms with Crippen molar-refractivity contribution in [3.8, 4) is 11.5 Å². The van der Waals surface area contributed by atoms with Crippen LogP contribution in [-0.2, 0) is 9.59 Å². The minimum absolute atomic E-state index is 0.0817. The van der Waals surface area contributed by atoms with E-state index >= 15 is 0 Å². The summed E-state index contributed by atoms with van der Waals surface area (Å²) in [4.78, 5) is 25.9. The lowest BCUT2D eigenvalue weighted by Gasteiger charge is -2.21. The van der Waals surface area contributed by atoms with E-state index in [-0.39, 0.29) is 5.91 Å². The number of amides is 1. The molecule has 3 rings (SSSR count). The number of carbonyl (C=O) groups is 2. The highest BCUT2D eigenvalue weighted by molar-refractivity contribution is 7.99. The molecule has 6 nitrogen and oxygen atoms in total. The predicted molar refractivity (Wildman–Crippen MR) is 89.8 cm³/mol. The average molecular weight is 351 g/mol. The Hall–Kier alpha value is -1.89. The quantitative estimate of drug-likeness (QED) is 0.821. The van der Waals surface area contributed by atoms with Crippen LogP contribution < -0.4 is 9.47 Å². The normalized spacial score (nSPS) is 19.8. The zero-order valence-corrected chi connectivity index (χ0v) is 14.2. The summed E-state index contributed by atoms with van der Waals surface area (Å²) < 4.78 is 11.3. The van der Waals surface area contributed by atoms with E-state index in [9.17, 15) is 9.59 Å². The minimum atomic E-state index is -0.906. The van der Waals surface area contributed by atoms with E-state index in [1.807, 2.05) is 18.2 Å². The van der Waals surface area contributed by atoms with E-state index in [0.717, 1.165) is 29.2 Å². The molecule has 2 aliphatic rings. The van der Waals surface area contributed by atoms with Crippen LogP contribution in [0.1, 0.15) is 25.7 Å². The first-order chi connectivity index (χ1) is 11.6. The number of hydrogen-bond acceptors (Lipinski definition) is 5. The van der Waals surface area contributed by atoms with Crippen molar-refractivity contribution in [1.29, 1.82) is 0 Å². The summed E-state index contributed by atoms with van der Waals surface area (Å²) in [6.07, 6.45) is 2.52. The SMILES string of the molecule is O=C(O)[C@H]1CCCN1C(=O)CCSc1ccc2c(c1)OCCCO2. The zero-order valence-electron chi connectivity index (χ0n) is 13.4. The Kier molecular flexibility index (Phi) is 5.50. The van der Waals surface area contributed by atoms with Crippen LogP contribution in [0.15, 0.2) is 23.1 Å². The molecule has 1 saturated heterocycles. The lowest BCUT2D eigenvalue weighted by Crippen LogP contribution is -2.40. The summed E-state index contributed by atoms with van der Waals surface area (Å²) in [5.41, 5.74) is 0. The number of hydrogen-bond donors (Lipinski definition) is 1. The van der Waals surface area contributed by atoms with Gasteiger partial charge in [-0.1, -0.05) is 0 Å². The van der Waals surface area contributed by atoms with Gasteiger partial charge in [0.1, 0.15) is 6.04 Å². The molecule has 0 aliphatic carbocycles. The number of carboxylic acid groups (broad SMARTS) is 1. The maximum Gasteiger partial charge on any atom is 0.326 e. The second-order valence-corrected chi connectivity index (χ2v) is 7.01. The van der Waals surface area contributed by atoms with Crippen molar-refractivity contribution in [2.45, 2.75) is 36.6 Å². The van der Waals surface area contributed by atoms with E-state index in [1.165, 1.54) is 4.90 Å². The zero-order chi connectivity index (χ0) is 16.9. The first-order valence-corrected chi connectivity index (χ1v) is 9.18. The summed E-state index contributed by atoms with van der Waals surface area (Å²) >= 11 is 1.57. The fraction of sp³-hybridized carbons (Fsp3) is 0.529. The van der Waals surface area contributed by atoms with Gasteiger partial charge in [0.2, 0.25) is 5.91 Å². The minimum Gasteiger partial charge on any atom is -0.490 e. The van der Waals surface area contributed by atoms with Crippen LogP contribution in [0, 0.1) is 0 Å². The van der Waals surface area contributed by atoms with Gasteiger partial charge >= 0.3 is 5.97 Å².